The average Bonchev–Trinajstić information content (AvgIpc) is 2.88. The van der Waals surface area contributed by atoms with Gasteiger partial charge in [-0.15, -0.1) is 13.2 Å². The third-order valence-electron chi connectivity index (χ3n) is 4.19. The quantitative estimate of drug-likeness (QED) is 0.891. The highest BCUT2D eigenvalue weighted by Gasteiger charge is 2.45. The molecule has 5 nitrogen and oxygen atoms in total. The Balaban J connectivity index is 1.93. The van der Waals surface area contributed by atoms with E-state index < -0.39 is 17.9 Å². The normalized spacial score (nSPS) is 20.9. The lowest BCUT2D eigenvalue weighted by Gasteiger charge is -2.31. The van der Waals surface area contributed by atoms with Crippen molar-refractivity contribution < 1.29 is 32.6 Å². The predicted octanol–water partition coefficient (Wildman–Crippen LogP) is 2.98. The van der Waals surface area contributed by atoms with Gasteiger partial charge >= 0.3 is 12.3 Å². The number of rotatable bonds is 5. The van der Waals surface area contributed by atoms with Crippen LogP contribution in [0.3, 0.4) is 0 Å². The summed E-state index contributed by atoms with van der Waals surface area (Å²) in [6.45, 7) is 1.93. The molecular formula is C16H18F3NO4. The molecule has 0 radical (unpaired) electrons. The molecule has 132 valence electrons. The first-order chi connectivity index (χ1) is 11.1. The van der Waals surface area contributed by atoms with Gasteiger partial charge in [0.25, 0.3) is 0 Å². The van der Waals surface area contributed by atoms with Crippen molar-refractivity contribution in [1.82, 2.24) is 4.90 Å². The zero-order chi connectivity index (χ0) is 18.0. The van der Waals surface area contributed by atoms with Gasteiger partial charge in [0.05, 0.1) is 0 Å². The number of amides is 1. The number of hydrogen-bond acceptors (Lipinski definition) is 3. The molecule has 8 heteroatoms. The van der Waals surface area contributed by atoms with Gasteiger partial charge in [-0.2, -0.15) is 0 Å². The van der Waals surface area contributed by atoms with Crippen LogP contribution >= 0.6 is 0 Å². The second-order valence-corrected chi connectivity index (χ2v) is 5.92. The molecule has 1 amide bonds. The summed E-state index contributed by atoms with van der Waals surface area (Å²) in [5.41, 5.74) is -0.504. The number of alkyl halides is 3. The molecule has 1 unspecified atom stereocenters. The summed E-state index contributed by atoms with van der Waals surface area (Å²) in [6, 6.07) is 5.28. The molecule has 1 N–H and O–H groups in total. The number of aliphatic carboxylic acids is 1. The van der Waals surface area contributed by atoms with Crippen LogP contribution in [0.4, 0.5) is 13.2 Å². The molecular weight excluding hydrogens is 327 g/mol. The largest absolute Gasteiger partial charge is 0.573 e. The minimum atomic E-state index is -4.74. The maximum atomic E-state index is 12.3. The van der Waals surface area contributed by atoms with E-state index in [0.717, 1.165) is 0 Å². The first-order valence-corrected chi connectivity index (χ1v) is 7.50. The van der Waals surface area contributed by atoms with Crippen LogP contribution in [0.25, 0.3) is 0 Å². The SMILES string of the molecule is CC1(C(=O)O)CCCN1C(=O)CCc1ccc(OC(F)(F)F)cc1. The Labute approximate surface area is 137 Å². The van der Waals surface area contributed by atoms with E-state index in [9.17, 15) is 27.9 Å². The predicted molar refractivity (Wildman–Crippen MR) is 78.4 cm³/mol. The topological polar surface area (TPSA) is 66.8 Å². The van der Waals surface area contributed by atoms with Gasteiger partial charge in [0, 0.05) is 13.0 Å². The summed E-state index contributed by atoms with van der Waals surface area (Å²) in [6.07, 6.45) is -3.27. The molecule has 2 rings (SSSR count). The van der Waals surface area contributed by atoms with Crippen LogP contribution in [0, 0.1) is 0 Å². The summed E-state index contributed by atoms with van der Waals surface area (Å²) >= 11 is 0. The number of nitrogens with zero attached hydrogens (tertiary/aromatic N) is 1. The van der Waals surface area contributed by atoms with Gasteiger partial charge in [-0.05, 0) is 43.9 Å². The van der Waals surface area contributed by atoms with Crippen molar-refractivity contribution in [1.29, 1.82) is 0 Å². The van der Waals surface area contributed by atoms with E-state index in [-0.39, 0.29) is 18.1 Å². The Bertz CT molecular complexity index is 615. The molecule has 24 heavy (non-hydrogen) atoms. The minimum absolute atomic E-state index is 0.0995. The van der Waals surface area contributed by atoms with Crippen molar-refractivity contribution in [2.24, 2.45) is 0 Å². The monoisotopic (exact) mass is 345 g/mol. The van der Waals surface area contributed by atoms with Crippen LogP contribution in [-0.2, 0) is 16.0 Å². The molecule has 1 aliphatic heterocycles. The number of aryl methyl sites for hydroxylation is 1. The lowest BCUT2D eigenvalue weighted by molar-refractivity contribution is -0.274. The summed E-state index contributed by atoms with van der Waals surface area (Å²) in [4.78, 5) is 25.0. The summed E-state index contributed by atoms with van der Waals surface area (Å²) in [5.74, 6) is -1.62. The molecule has 1 aromatic carbocycles. The van der Waals surface area contributed by atoms with E-state index in [1.165, 1.54) is 36.1 Å². The van der Waals surface area contributed by atoms with Gasteiger partial charge in [-0.25, -0.2) is 4.79 Å². The fraction of sp³-hybridized carbons (Fsp3) is 0.500. The lowest BCUT2D eigenvalue weighted by Crippen LogP contribution is -2.50. The molecule has 0 spiro atoms. The van der Waals surface area contributed by atoms with E-state index in [0.29, 0.717) is 31.4 Å². The van der Waals surface area contributed by atoms with Crippen LogP contribution < -0.4 is 4.74 Å². The van der Waals surface area contributed by atoms with Crippen molar-refractivity contribution in [3.63, 3.8) is 0 Å². The van der Waals surface area contributed by atoms with Gasteiger partial charge in [-0.1, -0.05) is 12.1 Å². The number of likely N-dealkylation sites (tertiary alicyclic amines) is 1. The van der Waals surface area contributed by atoms with Gasteiger partial charge in [0.2, 0.25) is 5.91 Å². The van der Waals surface area contributed by atoms with Crippen molar-refractivity contribution in [3.8, 4) is 5.75 Å². The number of carbonyl (C=O) groups excluding carboxylic acids is 1. The zero-order valence-corrected chi connectivity index (χ0v) is 13.1. The maximum absolute atomic E-state index is 12.3. The van der Waals surface area contributed by atoms with Crippen LogP contribution in [0.5, 0.6) is 5.75 Å². The Hall–Kier alpha value is -2.25. The van der Waals surface area contributed by atoms with Crippen LogP contribution in [0.15, 0.2) is 24.3 Å². The number of carbonyl (C=O) groups is 2. The minimum Gasteiger partial charge on any atom is -0.480 e. The summed E-state index contributed by atoms with van der Waals surface area (Å²) < 4.78 is 40.0. The van der Waals surface area contributed by atoms with E-state index in [1.54, 1.807) is 0 Å². The fourth-order valence-electron chi connectivity index (χ4n) is 2.83. The Morgan fingerprint density at radius 1 is 1.29 bits per heavy atom. The zero-order valence-electron chi connectivity index (χ0n) is 13.1. The van der Waals surface area contributed by atoms with Crippen LogP contribution in [0.2, 0.25) is 0 Å². The number of ether oxygens (including phenoxy) is 1. The molecule has 0 aliphatic carbocycles. The van der Waals surface area contributed by atoms with Crippen molar-refractivity contribution in [2.45, 2.75) is 44.5 Å². The first kappa shape index (κ1) is 18.1. The Morgan fingerprint density at radius 2 is 1.92 bits per heavy atom. The molecule has 1 aromatic rings. The molecule has 0 aromatic heterocycles. The lowest BCUT2D eigenvalue weighted by atomic mass is 9.98. The highest BCUT2D eigenvalue weighted by Crippen LogP contribution is 2.30. The molecule has 1 saturated heterocycles. The second kappa shape index (κ2) is 6.70. The molecule has 0 saturated carbocycles. The van der Waals surface area contributed by atoms with Gasteiger partial charge in [0.15, 0.2) is 0 Å². The Morgan fingerprint density at radius 3 is 2.46 bits per heavy atom. The number of hydrogen-bond donors (Lipinski definition) is 1. The molecule has 1 heterocycles. The van der Waals surface area contributed by atoms with Crippen LogP contribution in [0.1, 0.15) is 31.7 Å². The summed E-state index contributed by atoms with van der Waals surface area (Å²) in [7, 11) is 0. The Kier molecular flexibility index (Phi) is 5.05. The van der Waals surface area contributed by atoms with Crippen LogP contribution in [-0.4, -0.2) is 40.3 Å². The number of carboxylic acids is 1. The first-order valence-electron chi connectivity index (χ1n) is 7.50. The molecule has 1 aliphatic rings. The smallest absolute Gasteiger partial charge is 0.480 e. The van der Waals surface area contributed by atoms with Crippen molar-refractivity contribution in [3.05, 3.63) is 29.8 Å². The van der Waals surface area contributed by atoms with Crippen molar-refractivity contribution >= 4 is 11.9 Å². The van der Waals surface area contributed by atoms with E-state index in [2.05, 4.69) is 4.74 Å². The molecule has 0 bridgehead atoms. The van der Waals surface area contributed by atoms with E-state index >= 15 is 0 Å². The average molecular weight is 345 g/mol. The van der Waals surface area contributed by atoms with Gasteiger partial charge < -0.3 is 14.7 Å². The van der Waals surface area contributed by atoms with Gasteiger partial charge in [-0.3, -0.25) is 4.79 Å². The number of halogens is 3. The number of benzene rings is 1. The van der Waals surface area contributed by atoms with E-state index in [1.807, 2.05) is 0 Å². The standard InChI is InChI=1S/C16H18F3NO4/c1-15(14(22)23)9-2-10-20(15)13(21)8-5-11-3-6-12(7-4-11)24-16(17,18)19/h3-4,6-7H,2,5,8-10H2,1H3,(H,22,23). The highest BCUT2D eigenvalue weighted by molar-refractivity contribution is 5.87. The molecule has 1 atom stereocenters. The van der Waals surface area contributed by atoms with Gasteiger partial charge in [0.1, 0.15) is 11.3 Å². The molecule has 1 fully saturated rings. The fourth-order valence-corrected chi connectivity index (χ4v) is 2.83. The highest BCUT2D eigenvalue weighted by atomic mass is 19.4. The summed E-state index contributed by atoms with van der Waals surface area (Å²) in [5, 5.41) is 9.30. The maximum Gasteiger partial charge on any atom is 0.573 e. The second-order valence-electron chi connectivity index (χ2n) is 5.92. The van der Waals surface area contributed by atoms with E-state index in [4.69, 9.17) is 0 Å². The number of carboxylic acid groups (broad SMARTS) is 1. The van der Waals surface area contributed by atoms with Crippen molar-refractivity contribution in [2.75, 3.05) is 6.54 Å². The third-order valence-corrected chi connectivity index (χ3v) is 4.19. The third kappa shape index (κ3) is 4.18.